The minimum absolute atomic E-state index is 0.238. The van der Waals surface area contributed by atoms with Gasteiger partial charge in [0.15, 0.2) is 0 Å². The van der Waals surface area contributed by atoms with Crippen molar-refractivity contribution in [2.75, 3.05) is 6.61 Å². The Kier molecular flexibility index (Phi) is 5.43. The van der Waals surface area contributed by atoms with Crippen molar-refractivity contribution in [3.63, 3.8) is 0 Å². The fraction of sp³-hybridized carbons (Fsp3) is 0.593. The largest absolute Gasteiger partial charge is 0.480 e. The van der Waals surface area contributed by atoms with Crippen LogP contribution in [0.5, 0.6) is 11.6 Å². The fourth-order valence-corrected chi connectivity index (χ4v) is 7.57. The molecule has 166 valence electrons. The summed E-state index contributed by atoms with van der Waals surface area (Å²) in [6.07, 6.45) is 9.50. The second-order valence-corrected chi connectivity index (χ2v) is 10.8. The molecule has 0 bridgehead atoms. The number of nitrogens with zero attached hydrogens (tertiary/aromatic N) is 1. The highest BCUT2D eigenvalue weighted by molar-refractivity contribution is 7.10. The van der Waals surface area contributed by atoms with Gasteiger partial charge in [-0.3, -0.25) is 0 Å². The molecule has 0 saturated heterocycles. The molecule has 0 spiro atoms. The predicted molar refractivity (Wildman–Crippen MR) is 129 cm³/mol. The topological polar surface area (TPSA) is 31.4 Å². The van der Waals surface area contributed by atoms with Crippen LogP contribution in [0.2, 0.25) is 0 Å². The maximum atomic E-state index is 7.39. The summed E-state index contributed by atoms with van der Waals surface area (Å²) in [6, 6.07) is 10.7. The van der Waals surface area contributed by atoms with Gasteiger partial charge >= 0.3 is 0 Å². The third-order valence-electron chi connectivity index (χ3n) is 8.96. The molecule has 0 N–H and O–H groups in total. The van der Waals surface area contributed by atoms with Crippen molar-refractivity contribution >= 4 is 9.41 Å². The van der Waals surface area contributed by atoms with E-state index >= 15 is 0 Å². The summed E-state index contributed by atoms with van der Waals surface area (Å²) in [4.78, 5) is 4.40. The monoisotopic (exact) mass is 439 g/mol. The molecule has 4 heteroatoms. The van der Waals surface area contributed by atoms with Gasteiger partial charge in [0.1, 0.15) is 5.75 Å². The highest BCUT2D eigenvalue weighted by Crippen LogP contribution is 2.64. The second-order valence-electron chi connectivity index (χ2n) is 10.6. The SMILES string of the molecule is [3H]POc1ccc2c(c1)C[C@@H](C)C1C2CC[C@@]2(C)C1CC[C@@H]2CCOc1ccc(C)cn1. The molecule has 7 atom stereocenters. The molecule has 0 aliphatic heterocycles. The third kappa shape index (κ3) is 3.78. The Balaban J connectivity index is 1.29. The van der Waals surface area contributed by atoms with Crippen molar-refractivity contribution in [2.24, 2.45) is 29.1 Å². The van der Waals surface area contributed by atoms with Gasteiger partial charge in [-0.05, 0) is 109 Å². The van der Waals surface area contributed by atoms with Gasteiger partial charge in [0.25, 0.3) is 0 Å². The number of aryl methyl sites for hydroxylation is 1. The lowest BCUT2D eigenvalue weighted by Gasteiger charge is -2.53. The summed E-state index contributed by atoms with van der Waals surface area (Å²) in [7, 11) is -0.238. The maximum absolute atomic E-state index is 7.39. The molecule has 2 saturated carbocycles. The summed E-state index contributed by atoms with van der Waals surface area (Å²) in [5.74, 6) is 5.37. The normalized spacial score (nSPS) is 34.7. The Morgan fingerprint density at radius 3 is 2.94 bits per heavy atom. The van der Waals surface area contributed by atoms with Crippen LogP contribution in [0, 0.1) is 36.0 Å². The average molecular weight is 440 g/mol. The maximum Gasteiger partial charge on any atom is 0.213 e. The van der Waals surface area contributed by atoms with Crippen LogP contribution in [0.15, 0.2) is 36.5 Å². The molecule has 31 heavy (non-hydrogen) atoms. The van der Waals surface area contributed by atoms with Crippen LogP contribution in [-0.2, 0) is 6.42 Å². The standard InChI is InChI=1S/C27H36NO2P/c1-17-4-9-25(28-16-17)29-13-11-20-5-8-24-26-18(2)14-19-15-21(30-31)6-7-22(19)23(26)10-12-27(20,24)3/h4,6-7,9,15-16,18,20,23-24,26H,5,8,10-14,31H2,1-3H3/t18-,20-,23?,24?,26?,27-/m1/s1/i31T/t18-,20-,23?,24?,26?,27-,31?. The van der Waals surface area contributed by atoms with E-state index in [0.717, 1.165) is 48.8 Å². The molecule has 1 heterocycles. The average Bonchev–Trinajstić information content (AvgIpc) is 3.11. The first-order valence-corrected chi connectivity index (χ1v) is 12.4. The number of pyridine rings is 1. The predicted octanol–water partition coefficient (Wildman–Crippen LogP) is 6.75. The molecule has 2 aromatic rings. The summed E-state index contributed by atoms with van der Waals surface area (Å²) < 4.78 is 18.9. The van der Waals surface area contributed by atoms with Crippen LogP contribution in [0.3, 0.4) is 0 Å². The van der Waals surface area contributed by atoms with E-state index in [0.29, 0.717) is 17.3 Å². The van der Waals surface area contributed by atoms with E-state index in [4.69, 9.17) is 10.5 Å². The lowest BCUT2D eigenvalue weighted by Crippen LogP contribution is -2.45. The molecule has 3 aliphatic carbocycles. The molecular weight excluding hydrogens is 401 g/mol. The smallest absolute Gasteiger partial charge is 0.213 e. The molecular formula is C27H36NO2P. The van der Waals surface area contributed by atoms with Crippen LogP contribution in [0.4, 0.5) is 0 Å². The number of fused-ring (bicyclic) bond motifs is 5. The highest BCUT2D eigenvalue weighted by Gasteiger charge is 2.55. The molecule has 1 aromatic heterocycles. The Morgan fingerprint density at radius 1 is 1.23 bits per heavy atom. The zero-order chi connectivity index (χ0) is 22.3. The number of aromatic nitrogens is 1. The first kappa shape index (κ1) is 20.0. The van der Waals surface area contributed by atoms with Gasteiger partial charge in [-0.25, -0.2) is 4.98 Å². The van der Waals surface area contributed by atoms with Crippen molar-refractivity contribution in [3.8, 4) is 11.6 Å². The molecule has 0 radical (unpaired) electrons. The van der Waals surface area contributed by atoms with E-state index in [1.807, 2.05) is 12.3 Å². The van der Waals surface area contributed by atoms with Crippen LogP contribution < -0.4 is 9.26 Å². The van der Waals surface area contributed by atoms with E-state index in [1.165, 1.54) is 36.8 Å². The van der Waals surface area contributed by atoms with Gasteiger partial charge in [-0.1, -0.05) is 26.0 Å². The minimum Gasteiger partial charge on any atom is -0.480 e. The molecule has 0 amide bonds. The lowest BCUT2D eigenvalue weighted by molar-refractivity contribution is 0.000819. The summed E-state index contributed by atoms with van der Waals surface area (Å²) >= 11 is 0. The Bertz CT molecular complexity index is 951. The Labute approximate surface area is 190 Å². The summed E-state index contributed by atoms with van der Waals surface area (Å²) in [5.41, 5.74) is 4.63. The lowest BCUT2D eigenvalue weighted by atomic mass is 9.51. The van der Waals surface area contributed by atoms with Crippen molar-refractivity contribution < 1.29 is 9.26 Å². The zero-order valence-electron chi connectivity index (χ0n) is 20.1. The Morgan fingerprint density at radius 2 is 2.13 bits per heavy atom. The first-order valence-electron chi connectivity index (χ1n) is 12.5. The van der Waals surface area contributed by atoms with Gasteiger partial charge in [0, 0.05) is 12.3 Å². The molecule has 3 aliphatic rings. The molecule has 1 aromatic carbocycles. The van der Waals surface area contributed by atoms with Crippen molar-refractivity contribution in [1.29, 1.82) is 1.28 Å². The summed E-state index contributed by atoms with van der Waals surface area (Å²) in [6.45, 7) is 7.90. The molecule has 5 rings (SSSR count). The van der Waals surface area contributed by atoms with Crippen molar-refractivity contribution in [1.82, 2.24) is 4.98 Å². The van der Waals surface area contributed by atoms with E-state index < -0.39 is 0 Å². The fourth-order valence-electron chi connectivity index (χ4n) is 7.45. The van der Waals surface area contributed by atoms with Gasteiger partial charge in [0.05, 0.1) is 17.3 Å². The van der Waals surface area contributed by atoms with Gasteiger partial charge in [-0.15, -0.1) is 0 Å². The number of ether oxygens (including phenoxy) is 1. The zero-order valence-corrected chi connectivity index (χ0v) is 20.1. The molecule has 3 nitrogen and oxygen atoms in total. The van der Waals surface area contributed by atoms with Crippen LogP contribution in [-0.4, -0.2) is 12.9 Å². The van der Waals surface area contributed by atoms with E-state index in [9.17, 15) is 0 Å². The van der Waals surface area contributed by atoms with E-state index in [2.05, 4.69) is 50.0 Å². The van der Waals surface area contributed by atoms with Crippen molar-refractivity contribution in [2.45, 2.75) is 65.2 Å². The van der Waals surface area contributed by atoms with Gasteiger partial charge < -0.3 is 9.26 Å². The van der Waals surface area contributed by atoms with Gasteiger partial charge in [0.2, 0.25) is 5.88 Å². The quantitative estimate of drug-likeness (QED) is 0.467. The van der Waals surface area contributed by atoms with E-state index in [-0.39, 0.29) is 9.41 Å². The van der Waals surface area contributed by atoms with Crippen LogP contribution in [0.25, 0.3) is 0 Å². The summed E-state index contributed by atoms with van der Waals surface area (Å²) in [5, 5.41) is 0. The van der Waals surface area contributed by atoms with Gasteiger partial charge in [-0.2, -0.15) is 0 Å². The minimum atomic E-state index is -0.238. The number of hydrogen-bond acceptors (Lipinski definition) is 3. The molecule has 4 unspecified atom stereocenters. The molecule has 2 fully saturated rings. The first-order chi connectivity index (χ1) is 15.5. The Hall–Kier alpha value is -1.60. The second kappa shape index (κ2) is 8.39. The van der Waals surface area contributed by atoms with Crippen LogP contribution >= 0.6 is 9.41 Å². The number of hydrogen-bond donors (Lipinski definition) is 0. The number of rotatable bonds is 6. The van der Waals surface area contributed by atoms with E-state index in [1.54, 1.807) is 5.56 Å². The van der Waals surface area contributed by atoms with Crippen molar-refractivity contribution in [3.05, 3.63) is 53.2 Å². The van der Waals surface area contributed by atoms with Crippen LogP contribution in [0.1, 0.15) is 68.6 Å². The highest BCUT2D eigenvalue weighted by atomic mass is 31.0. The third-order valence-corrected chi connectivity index (χ3v) is 9.20. The number of benzene rings is 1.